The maximum absolute atomic E-state index is 12.9. The molecule has 9 heteroatoms. The molecule has 0 spiro atoms. The maximum Gasteiger partial charge on any atom is 0.263 e. The Morgan fingerprint density at radius 1 is 1.06 bits per heavy atom. The summed E-state index contributed by atoms with van der Waals surface area (Å²) in [5.41, 5.74) is 1.22. The van der Waals surface area contributed by atoms with E-state index in [-0.39, 0.29) is 10.7 Å². The second-order valence-electron chi connectivity index (χ2n) is 7.86. The summed E-state index contributed by atoms with van der Waals surface area (Å²) in [6.07, 6.45) is 5.10. The number of aryl methyl sites for hydroxylation is 1. The molecule has 32 heavy (non-hydrogen) atoms. The van der Waals surface area contributed by atoms with Crippen LogP contribution in [0.3, 0.4) is 0 Å². The smallest absolute Gasteiger partial charge is 0.263 e. The largest absolute Gasteiger partial charge is 0.493 e. The van der Waals surface area contributed by atoms with Gasteiger partial charge in [-0.1, -0.05) is 24.6 Å². The summed E-state index contributed by atoms with van der Waals surface area (Å²) in [5, 5.41) is 0.532. The highest BCUT2D eigenvalue weighted by molar-refractivity contribution is 7.92. The van der Waals surface area contributed by atoms with Gasteiger partial charge in [-0.15, -0.1) is 0 Å². The van der Waals surface area contributed by atoms with Gasteiger partial charge in [0.25, 0.3) is 10.0 Å². The van der Waals surface area contributed by atoms with Crippen LogP contribution in [0, 0.1) is 6.92 Å². The number of piperidine rings is 1. The van der Waals surface area contributed by atoms with Crippen molar-refractivity contribution in [2.45, 2.75) is 31.1 Å². The molecular formula is C23H28N4O4S. The molecule has 0 aliphatic carbocycles. The minimum absolute atomic E-state index is 0.191. The van der Waals surface area contributed by atoms with Gasteiger partial charge in [-0.25, -0.2) is 18.4 Å². The van der Waals surface area contributed by atoms with Crippen LogP contribution in [0.2, 0.25) is 0 Å². The Bertz CT molecular complexity index is 1190. The number of rotatable bonds is 8. The SMILES string of the molecule is COc1cc2c(NS(=O)(=O)c3ccccc3C)ncnc2cc1OCCN1CCCCC1. The van der Waals surface area contributed by atoms with E-state index in [0.29, 0.717) is 34.6 Å². The number of benzene rings is 2. The molecule has 0 atom stereocenters. The summed E-state index contributed by atoms with van der Waals surface area (Å²) in [6.45, 7) is 5.36. The molecular weight excluding hydrogens is 428 g/mol. The predicted molar refractivity (Wildman–Crippen MR) is 124 cm³/mol. The van der Waals surface area contributed by atoms with Crippen molar-refractivity contribution in [2.75, 3.05) is 38.1 Å². The van der Waals surface area contributed by atoms with E-state index in [1.54, 1.807) is 50.4 Å². The van der Waals surface area contributed by atoms with Gasteiger partial charge in [0.15, 0.2) is 17.3 Å². The van der Waals surface area contributed by atoms with E-state index in [0.717, 1.165) is 19.6 Å². The van der Waals surface area contributed by atoms with E-state index in [1.165, 1.54) is 25.6 Å². The third-order valence-electron chi connectivity index (χ3n) is 5.65. The molecule has 0 unspecified atom stereocenters. The van der Waals surface area contributed by atoms with E-state index in [9.17, 15) is 8.42 Å². The Hall–Kier alpha value is -2.91. The molecule has 0 bridgehead atoms. The van der Waals surface area contributed by atoms with Gasteiger partial charge in [-0.05, 0) is 50.6 Å². The molecule has 3 aromatic rings. The monoisotopic (exact) mass is 456 g/mol. The average molecular weight is 457 g/mol. The van der Waals surface area contributed by atoms with Crippen molar-refractivity contribution in [3.05, 3.63) is 48.3 Å². The number of nitrogens with one attached hydrogen (secondary N) is 1. The number of aromatic nitrogens is 2. The highest BCUT2D eigenvalue weighted by atomic mass is 32.2. The molecule has 2 aromatic carbocycles. The van der Waals surface area contributed by atoms with Gasteiger partial charge < -0.3 is 9.47 Å². The molecule has 8 nitrogen and oxygen atoms in total. The fourth-order valence-electron chi connectivity index (χ4n) is 3.93. The number of likely N-dealkylation sites (tertiary alicyclic amines) is 1. The minimum Gasteiger partial charge on any atom is -0.493 e. The zero-order valence-corrected chi connectivity index (χ0v) is 19.2. The summed E-state index contributed by atoms with van der Waals surface area (Å²) >= 11 is 0. The van der Waals surface area contributed by atoms with Crippen LogP contribution in [0.4, 0.5) is 5.82 Å². The number of ether oxygens (including phenoxy) is 2. The Labute approximate surface area is 188 Å². The number of hydrogen-bond acceptors (Lipinski definition) is 7. The first-order valence-electron chi connectivity index (χ1n) is 10.7. The third kappa shape index (κ3) is 4.94. The van der Waals surface area contributed by atoms with Crippen molar-refractivity contribution in [3.63, 3.8) is 0 Å². The Balaban J connectivity index is 1.58. The molecule has 1 saturated heterocycles. The van der Waals surface area contributed by atoms with E-state index >= 15 is 0 Å². The number of anilines is 1. The second kappa shape index (κ2) is 9.70. The lowest BCUT2D eigenvalue weighted by Crippen LogP contribution is -2.33. The minimum atomic E-state index is -3.81. The van der Waals surface area contributed by atoms with Crippen molar-refractivity contribution >= 4 is 26.7 Å². The van der Waals surface area contributed by atoms with Crippen LogP contribution >= 0.6 is 0 Å². The Morgan fingerprint density at radius 3 is 2.59 bits per heavy atom. The summed E-state index contributed by atoms with van der Waals surface area (Å²) < 4.78 is 40.0. The Kier molecular flexibility index (Phi) is 6.76. The second-order valence-corrected chi connectivity index (χ2v) is 9.52. The van der Waals surface area contributed by atoms with Crippen LogP contribution in [-0.2, 0) is 10.0 Å². The molecule has 1 aliphatic heterocycles. The summed E-state index contributed by atoms with van der Waals surface area (Å²) in [5.74, 6) is 1.27. The van der Waals surface area contributed by atoms with Gasteiger partial charge in [0.2, 0.25) is 0 Å². The fraction of sp³-hybridized carbons (Fsp3) is 0.391. The number of methoxy groups -OCH3 is 1. The quantitative estimate of drug-likeness (QED) is 0.553. The van der Waals surface area contributed by atoms with Gasteiger partial charge >= 0.3 is 0 Å². The van der Waals surface area contributed by atoms with Gasteiger partial charge in [0, 0.05) is 18.0 Å². The van der Waals surface area contributed by atoms with Crippen LogP contribution in [-0.4, -0.2) is 56.6 Å². The average Bonchev–Trinajstić information content (AvgIpc) is 2.79. The molecule has 1 aliphatic rings. The topological polar surface area (TPSA) is 93.6 Å². The maximum atomic E-state index is 12.9. The molecule has 0 saturated carbocycles. The van der Waals surface area contributed by atoms with Crippen molar-refractivity contribution in [2.24, 2.45) is 0 Å². The molecule has 0 amide bonds. The third-order valence-corrected chi connectivity index (χ3v) is 7.15. The van der Waals surface area contributed by atoms with E-state index < -0.39 is 10.0 Å². The zero-order valence-electron chi connectivity index (χ0n) is 18.4. The van der Waals surface area contributed by atoms with Gasteiger partial charge in [-0.2, -0.15) is 0 Å². The standard InChI is InChI=1S/C23H28N4O4S/c1-17-8-4-5-9-22(17)32(28,29)26-23-18-14-20(30-2)21(15-19(18)24-16-25-23)31-13-12-27-10-6-3-7-11-27/h4-5,8-9,14-16H,3,6-7,10-13H2,1-2H3,(H,24,25,26). The van der Waals surface area contributed by atoms with E-state index in [2.05, 4.69) is 19.6 Å². The molecule has 2 heterocycles. The normalized spacial score (nSPS) is 14.9. The lowest BCUT2D eigenvalue weighted by Gasteiger charge is -2.26. The van der Waals surface area contributed by atoms with Crippen LogP contribution in [0.15, 0.2) is 47.6 Å². The number of hydrogen-bond donors (Lipinski definition) is 1. The van der Waals surface area contributed by atoms with E-state index in [4.69, 9.17) is 9.47 Å². The van der Waals surface area contributed by atoms with Crippen molar-refractivity contribution in [3.8, 4) is 11.5 Å². The first-order valence-corrected chi connectivity index (χ1v) is 12.2. The summed E-state index contributed by atoms with van der Waals surface area (Å²) in [4.78, 5) is 11.1. The molecule has 4 rings (SSSR count). The van der Waals surface area contributed by atoms with Crippen molar-refractivity contribution < 1.29 is 17.9 Å². The number of nitrogens with zero attached hydrogens (tertiary/aromatic N) is 3. The first kappa shape index (κ1) is 22.3. The fourth-order valence-corrected chi connectivity index (χ4v) is 5.20. The van der Waals surface area contributed by atoms with Gasteiger partial charge in [0.1, 0.15) is 12.9 Å². The highest BCUT2D eigenvalue weighted by Gasteiger charge is 2.20. The van der Waals surface area contributed by atoms with Gasteiger partial charge in [0.05, 0.1) is 17.5 Å². The van der Waals surface area contributed by atoms with Crippen LogP contribution in [0.5, 0.6) is 11.5 Å². The molecule has 1 fully saturated rings. The summed E-state index contributed by atoms with van der Waals surface area (Å²) in [7, 11) is -2.25. The lowest BCUT2D eigenvalue weighted by atomic mass is 10.1. The lowest BCUT2D eigenvalue weighted by molar-refractivity contribution is 0.181. The van der Waals surface area contributed by atoms with Crippen molar-refractivity contribution in [1.82, 2.24) is 14.9 Å². The van der Waals surface area contributed by atoms with Crippen LogP contribution in [0.25, 0.3) is 10.9 Å². The first-order chi connectivity index (χ1) is 15.5. The zero-order chi connectivity index (χ0) is 22.6. The molecule has 1 aromatic heterocycles. The van der Waals surface area contributed by atoms with Crippen LogP contribution < -0.4 is 14.2 Å². The summed E-state index contributed by atoms with van der Waals surface area (Å²) in [6, 6.07) is 10.3. The number of sulfonamides is 1. The van der Waals surface area contributed by atoms with Gasteiger partial charge in [-0.3, -0.25) is 9.62 Å². The van der Waals surface area contributed by atoms with E-state index in [1.807, 2.05) is 0 Å². The molecule has 170 valence electrons. The Morgan fingerprint density at radius 2 is 1.84 bits per heavy atom. The molecule has 0 radical (unpaired) electrons. The number of fused-ring (bicyclic) bond motifs is 1. The van der Waals surface area contributed by atoms with Crippen molar-refractivity contribution in [1.29, 1.82) is 0 Å². The van der Waals surface area contributed by atoms with Crippen LogP contribution in [0.1, 0.15) is 24.8 Å². The highest BCUT2D eigenvalue weighted by Crippen LogP contribution is 2.34. The predicted octanol–water partition coefficient (Wildman–Crippen LogP) is 3.61. The molecule has 1 N–H and O–H groups in total.